The highest BCUT2D eigenvalue weighted by Crippen LogP contribution is 2.43. The van der Waals surface area contributed by atoms with Gasteiger partial charge in [0.15, 0.2) is 0 Å². The molecule has 2 N–H and O–H groups in total. The Morgan fingerprint density at radius 3 is 0.766 bits per heavy atom. The van der Waals surface area contributed by atoms with Gasteiger partial charge in [-0.1, -0.05) is 240 Å². The summed E-state index contributed by atoms with van der Waals surface area (Å²) < 4.78 is 9.92. The summed E-state index contributed by atoms with van der Waals surface area (Å²) in [6.45, 7) is 10.0. The van der Waals surface area contributed by atoms with Crippen molar-refractivity contribution >= 4 is 155 Å². The SMILES string of the molecule is CCN(CC)CCn1[nH]nnc1=S.Cc1nnc(N(c2ccccc2)c2ccccc2)o1.S=c1nn[nH]n1-c1ccccc1.Sc1cc(S)cc(-c2cccc(-c3cc(-c4cccc(-c5cc(S)cc(S)c5)c4)cc(-c4cccc(-c5cc(S)cc(S)c5)c4)c3)c2)c1.Sc1cccc(-c2cccc(-c3cc(-c4cccc(-c5cccc(S)c5)c4)cc(-c4cccc(-c5cccc(S)c5)c4)c3)c2)c1. The van der Waals surface area contributed by atoms with Crippen LogP contribution in [-0.4, -0.2) is 75.1 Å². The van der Waals surface area contributed by atoms with E-state index in [1.165, 1.54) is 0 Å². The highest BCUT2D eigenvalue weighted by molar-refractivity contribution is 7.82. The minimum Gasteiger partial charge on any atom is -0.408 e. The zero-order chi connectivity index (χ0) is 95.3. The van der Waals surface area contributed by atoms with Crippen LogP contribution in [0.2, 0.25) is 0 Å². The lowest BCUT2D eigenvalue weighted by atomic mass is 9.90. The van der Waals surface area contributed by atoms with Crippen molar-refractivity contribution in [1.29, 1.82) is 0 Å². The largest absolute Gasteiger partial charge is 0.408 e. The number of tetrazole rings is 2. The van der Waals surface area contributed by atoms with Crippen LogP contribution in [0.3, 0.4) is 0 Å². The molecule has 20 aromatic rings. The summed E-state index contributed by atoms with van der Waals surface area (Å²) in [5.74, 6) is 0.548. The van der Waals surface area contributed by atoms with E-state index in [1.807, 2.05) is 132 Å². The van der Waals surface area contributed by atoms with Crippen molar-refractivity contribution in [3.8, 4) is 139 Å². The second-order valence-corrected chi connectivity index (χ2v) is 37.5. The van der Waals surface area contributed by atoms with Crippen LogP contribution >= 0.6 is 138 Å². The van der Waals surface area contributed by atoms with E-state index in [4.69, 9.17) is 28.9 Å². The van der Waals surface area contributed by atoms with Crippen LogP contribution < -0.4 is 4.90 Å². The van der Waals surface area contributed by atoms with Crippen molar-refractivity contribution in [1.82, 2.24) is 55.5 Å². The number of aromatic amines is 2. The maximum atomic E-state index is 5.56. The molecule has 137 heavy (non-hydrogen) atoms. The second-order valence-electron chi connectivity index (χ2n) is 32.1. The van der Waals surface area contributed by atoms with E-state index in [9.17, 15) is 0 Å². The number of aryl methyl sites for hydroxylation is 1. The number of aromatic nitrogens is 10. The summed E-state index contributed by atoms with van der Waals surface area (Å²) in [4.78, 5) is 12.4. The summed E-state index contributed by atoms with van der Waals surface area (Å²) >= 11 is 51.2. The quantitative estimate of drug-likeness (QED) is 0.0248. The molecule has 0 amide bonds. The lowest BCUT2D eigenvalue weighted by Crippen LogP contribution is -2.27. The van der Waals surface area contributed by atoms with Crippen LogP contribution in [0.5, 0.6) is 0 Å². The first-order valence-electron chi connectivity index (χ1n) is 44.0. The van der Waals surface area contributed by atoms with E-state index in [0.717, 1.165) is 221 Å². The van der Waals surface area contributed by atoms with Crippen LogP contribution in [0.25, 0.3) is 139 Å². The molecule has 0 saturated heterocycles. The van der Waals surface area contributed by atoms with Gasteiger partial charge in [-0.2, -0.15) is 10.4 Å². The van der Waals surface area contributed by atoms with Crippen molar-refractivity contribution in [2.45, 2.75) is 71.4 Å². The van der Waals surface area contributed by atoms with Gasteiger partial charge in [0.25, 0.3) is 0 Å². The van der Waals surface area contributed by atoms with Gasteiger partial charge in [0.2, 0.25) is 15.4 Å². The van der Waals surface area contributed by atoms with Gasteiger partial charge < -0.3 is 9.32 Å². The number of nitrogens with zero attached hydrogens (tertiary/aromatic N) is 10. The van der Waals surface area contributed by atoms with E-state index in [0.29, 0.717) is 21.4 Å². The Bertz CT molecular complexity index is 7070. The molecule has 0 radical (unpaired) electrons. The molecule has 0 saturated carbocycles. The van der Waals surface area contributed by atoms with Crippen molar-refractivity contribution < 1.29 is 4.42 Å². The summed E-state index contributed by atoms with van der Waals surface area (Å²) in [5, 5.41) is 28.0. The summed E-state index contributed by atoms with van der Waals surface area (Å²) in [6.07, 6.45) is 0. The van der Waals surface area contributed by atoms with E-state index in [-0.39, 0.29) is 0 Å². The minimum atomic E-state index is 0.432. The Balaban J connectivity index is 0.000000138. The minimum absolute atomic E-state index is 0.432. The number of hydrogen-bond acceptors (Lipinski definition) is 20. The number of rotatable bonds is 21. The highest BCUT2D eigenvalue weighted by atomic mass is 32.1. The van der Waals surface area contributed by atoms with Crippen molar-refractivity contribution in [3.05, 3.63) is 416 Å². The average molecular weight is 1990 g/mol. The number of H-pyrrole nitrogens is 2. The number of para-hydroxylation sites is 3. The molecule has 13 nitrogen and oxygen atoms in total. The molecule has 3 aromatic heterocycles. The predicted molar refractivity (Wildman–Crippen MR) is 597 cm³/mol. The third kappa shape index (κ3) is 26.2. The second kappa shape index (κ2) is 46.9. The lowest BCUT2D eigenvalue weighted by molar-refractivity contribution is 0.283. The van der Waals surface area contributed by atoms with Crippen LogP contribution in [0.15, 0.2) is 449 Å². The number of anilines is 3. The summed E-state index contributed by atoms with van der Waals surface area (Å²) in [6, 6.07) is 139. The molecule has 20 rings (SSSR count). The van der Waals surface area contributed by atoms with Crippen LogP contribution in [0.4, 0.5) is 17.4 Å². The van der Waals surface area contributed by atoms with Crippen molar-refractivity contribution in [2.24, 2.45) is 0 Å². The number of likely N-dealkylation sites (N-methyl/N-ethyl adjacent to an activating group) is 1. The summed E-state index contributed by atoms with van der Waals surface area (Å²) in [5.41, 5.74) is 30.1. The monoisotopic (exact) mass is 1990 g/mol. The average Bonchev–Trinajstić information content (AvgIpc) is 0.792. The van der Waals surface area contributed by atoms with Crippen molar-refractivity contribution in [3.63, 3.8) is 0 Å². The molecule has 0 aliphatic carbocycles. The highest BCUT2D eigenvalue weighted by Gasteiger charge is 2.20. The van der Waals surface area contributed by atoms with Crippen LogP contribution in [0.1, 0.15) is 19.7 Å². The molecule has 24 heteroatoms. The van der Waals surface area contributed by atoms with Crippen molar-refractivity contribution in [2.75, 3.05) is 24.5 Å². The lowest BCUT2D eigenvalue weighted by Gasteiger charge is -2.20. The molecule has 0 aliphatic rings. The molecule has 0 bridgehead atoms. The van der Waals surface area contributed by atoms with Gasteiger partial charge >= 0.3 is 6.01 Å². The van der Waals surface area contributed by atoms with Gasteiger partial charge in [0.05, 0.1) is 23.6 Å². The predicted octanol–water partition coefficient (Wildman–Crippen LogP) is 31.8. The number of hydrogen-bond donors (Lipinski definition) is 11. The first-order chi connectivity index (χ1) is 66.6. The van der Waals surface area contributed by atoms with Crippen LogP contribution in [0, 0.1) is 16.5 Å². The maximum Gasteiger partial charge on any atom is 0.327 e. The molecular formula is C113H94N12OS11. The standard InChI is InChI=1S/C42H30S6.C42H30S3.C15H13N3O.C7H15N5S.C7H6N4S/c43-37-16-34(17-38(44)22-37)28-7-1-4-25(10-28)31-13-32(26-5-2-8-29(11-26)35-18-39(45)23-40(46)19-35)15-33(14-31)27-6-3-9-30(12-27)36-20-41(47)24-42(48)21-36;43-40-16-4-13-34(25-40)28-7-1-10-31(19-28)37-22-38(32-11-2-8-29(20-32)35-14-5-17-41(44)26-35)24-39(23-37)33-12-3-9-30(21-33)36-15-6-18-42(45)27-36;1-12-16-17-15(19-12)18(13-8-4-2-5-9-13)14-10-6-3-7-11-14;1-3-11(4-2)5-6-12-7(13)8-9-10-12;12-7-8-9-10-11(7)6-4-2-1-3-5-6/h1-24,43-48H;1-27,43-45H;2-11H,1H3;3-6H2,1-2H3,(H,8,10,13);1-5H,(H,8,10,12). The zero-order valence-electron chi connectivity index (χ0n) is 74.7. The van der Waals surface area contributed by atoms with Gasteiger partial charge in [-0.05, 0) is 371 Å². The number of benzene rings is 17. The smallest absolute Gasteiger partial charge is 0.327 e. The normalized spacial score (nSPS) is 10.9. The number of thiol groups is 9. The third-order valence-electron chi connectivity index (χ3n) is 22.6. The van der Waals surface area contributed by atoms with E-state index in [1.54, 1.807) is 16.3 Å². The fraction of sp³-hybridized carbons (Fsp3) is 0.0619. The number of nitrogens with one attached hydrogen (secondary N) is 2. The zero-order valence-corrected chi connectivity index (χ0v) is 84.3. The first-order valence-corrected chi connectivity index (χ1v) is 48.9. The maximum absolute atomic E-state index is 5.56. The Hall–Kier alpha value is -12.6. The Morgan fingerprint density at radius 2 is 0.511 bits per heavy atom. The molecular weight excluding hydrogens is 1890 g/mol. The molecule has 0 unspecified atom stereocenters. The Morgan fingerprint density at radius 1 is 0.263 bits per heavy atom. The van der Waals surface area contributed by atoms with E-state index >= 15 is 0 Å². The van der Waals surface area contributed by atoms with Gasteiger partial charge in [-0.3, -0.25) is 4.90 Å². The first kappa shape index (κ1) is 97.5. The van der Waals surface area contributed by atoms with Gasteiger partial charge in [0, 0.05) is 57.5 Å². The van der Waals surface area contributed by atoms with Gasteiger partial charge in [-0.25, -0.2) is 9.36 Å². The molecule has 678 valence electrons. The Kier molecular flexibility index (Phi) is 33.4. The molecule has 17 aromatic carbocycles. The van der Waals surface area contributed by atoms with Gasteiger partial charge in [0.1, 0.15) is 0 Å². The molecule has 3 heterocycles. The fourth-order valence-electron chi connectivity index (χ4n) is 15.9. The molecule has 0 aliphatic heterocycles. The molecule has 0 spiro atoms. The Labute approximate surface area is 858 Å². The molecule has 0 fully saturated rings. The topological polar surface area (TPSA) is 138 Å². The van der Waals surface area contributed by atoms with E-state index in [2.05, 4.69) is 447 Å². The molecule has 0 atom stereocenters. The van der Waals surface area contributed by atoms with Crippen LogP contribution in [-0.2, 0) is 6.54 Å². The van der Waals surface area contributed by atoms with Gasteiger partial charge in [-0.15, -0.1) is 119 Å². The third-order valence-corrected chi connectivity index (χ3v) is 25.5. The van der Waals surface area contributed by atoms with E-state index < -0.39 is 0 Å². The fourth-order valence-corrected chi connectivity index (χ4v) is 18.9. The summed E-state index contributed by atoms with van der Waals surface area (Å²) in [7, 11) is 0.